The van der Waals surface area contributed by atoms with Crippen LogP contribution in [0.4, 0.5) is 10.8 Å². The Morgan fingerprint density at radius 1 is 0.784 bits per heavy atom. The Morgan fingerprint density at radius 2 is 1.45 bits per heavy atom. The molecule has 51 heavy (non-hydrogen) atoms. The number of hydrogen-bond donors (Lipinski definition) is 3. The number of thiazole rings is 1. The van der Waals surface area contributed by atoms with Crippen LogP contribution in [0.2, 0.25) is 10.0 Å². The van der Waals surface area contributed by atoms with E-state index in [0.717, 1.165) is 26.2 Å². The van der Waals surface area contributed by atoms with Crippen molar-refractivity contribution in [2.45, 2.75) is 10.1 Å². The van der Waals surface area contributed by atoms with Crippen LogP contribution in [0.1, 0.15) is 26.7 Å². The quantitative estimate of drug-likeness (QED) is 0.0893. The molecule has 6 aromatic rings. The zero-order valence-corrected chi connectivity index (χ0v) is 31.2. The minimum absolute atomic E-state index is 0.0654. The number of thioether (sulfide) groups is 1. The molecule has 0 saturated heterocycles. The highest BCUT2D eigenvalue weighted by Gasteiger charge is 2.24. The highest BCUT2D eigenvalue weighted by molar-refractivity contribution is 9.10. The van der Waals surface area contributed by atoms with Crippen LogP contribution in [0, 0.1) is 0 Å². The van der Waals surface area contributed by atoms with E-state index in [-0.39, 0.29) is 11.6 Å². The molecule has 0 bridgehead atoms. The first-order valence-corrected chi connectivity index (χ1v) is 18.7. The van der Waals surface area contributed by atoms with Gasteiger partial charge in [0.2, 0.25) is 5.91 Å². The number of nitrogens with one attached hydrogen (secondary N) is 3. The zero-order chi connectivity index (χ0) is 35.7. The maximum atomic E-state index is 13.8. The first-order valence-electron chi connectivity index (χ1n) is 15.4. The summed E-state index contributed by atoms with van der Waals surface area (Å²) in [5.74, 6) is -1.33. The van der Waals surface area contributed by atoms with Gasteiger partial charge in [-0.2, -0.15) is 0 Å². The lowest BCUT2D eigenvalue weighted by Crippen LogP contribution is -2.30. The number of aromatic nitrogens is 1. The molecule has 1 heterocycles. The maximum Gasteiger partial charge on any atom is 0.272 e. The number of halogens is 3. The molecule has 3 amide bonds. The van der Waals surface area contributed by atoms with Gasteiger partial charge in [0.05, 0.1) is 5.69 Å². The summed E-state index contributed by atoms with van der Waals surface area (Å²) in [5, 5.41) is 10.9. The van der Waals surface area contributed by atoms with Crippen LogP contribution in [0.5, 0.6) is 0 Å². The SMILES string of the molecule is O=C(Nc1cccc(SC(C(=O)Nc2nc(-c3ccc(Br)cc3)cs2)c2ccccc2)c1)/C(=C\c1c(Cl)cccc1Cl)NC(=O)c1ccccc1. The fraction of sp³-hybridized carbons (Fsp3) is 0.0256. The fourth-order valence-electron chi connectivity index (χ4n) is 4.87. The van der Waals surface area contributed by atoms with Crippen LogP contribution in [-0.2, 0) is 9.59 Å². The van der Waals surface area contributed by atoms with Crippen molar-refractivity contribution in [3.05, 3.63) is 170 Å². The summed E-state index contributed by atoms with van der Waals surface area (Å²) in [6, 6.07) is 37.9. The molecular weight excluding hydrogens is 787 g/mol. The third kappa shape index (κ3) is 9.55. The van der Waals surface area contributed by atoms with Crippen LogP contribution < -0.4 is 16.0 Å². The number of carbonyl (C=O) groups excluding carboxylic acids is 3. The van der Waals surface area contributed by atoms with E-state index in [9.17, 15) is 14.4 Å². The third-order valence-corrected chi connectivity index (χ3v) is 10.6. The maximum absolute atomic E-state index is 13.8. The summed E-state index contributed by atoms with van der Waals surface area (Å²) in [7, 11) is 0. The van der Waals surface area contributed by atoms with E-state index >= 15 is 0 Å². The molecule has 254 valence electrons. The minimum atomic E-state index is -0.639. The zero-order valence-electron chi connectivity index (χ0n) is 26.5. The predicted octanol–water partition coefficient (Wildman–Crippen LogP) is 10.8. The molecule has 5 aromatic carbocycles. The molecule has 3 N–H and O–H groups in total. The van der Waals surface area contributed by atoms with Crippen LogP contribution in [0.15, 0.2) is 148 Å². The summed E-state index contributed by atoms with van der Waals surface area (Å²) < 4.78 is 0.968. The lowest BCUT2D eigenvalue weighted by molar-refractivity contribution is -0.116. The average molecular weight is 815 g/mol. The van der Waals surface area contributed by atoms with E-state index < -0.39 is 17.1 Å². The lowest BCUT2D eigenvalue weighted by atomic mass is 10.1. The monoisotopic (exact) mass is 812 g/mol. The molecule has 1 aromatic heterocycles. The lowest BCUT2D eigenvalue weighted by Gasteiger charge is -2.17. The van der Waals surface area contributed by atoms with E-state index in [4.69, 9.17) is 23.2 Å². The van der Waals surface area contributed by atoms with Gasteiger partial charge in [-0.15, -0.1) is 23.1 Å². The molecule has 1 atom stereocenters. The Kier molecular flexibility index (Phi) is 12.0. The molecule has 7 nitrogen and oxygen atoms in total. The molecule has 1 unspecified atom stereocenters. The summed E-state index contributed by atoms with van der Waals surface area (Å²) in [6.07, 6.45) is 1.44. The van der Waals surface area contributed by atoms with Crippen LogP contribution in [-0.4, -0.2) is 22.7 Å². The van der Waals surface area contributed by atoms with Crippen LogP contribution in [0.3, 0.4) is 0 Å². The van der Waals surface area contributed by atoms with Gasteiger partial charge in [0, 0.05) is 47.2 Å². The number of rotatable bonds is 11. The second-order valence-electron chi connectivity index (χ2n) is 10.9. The average Bonchev–Trinajstić information content (AvgIpc) is 3.61. The Bertz CT molecular complexity index is 2200. The molecule has 6 rings (SSSR count). The van der Waals surface area contributed by atoms with Gasteiger partial charge in [-0.1, -0.05) is 112 Å². The molecular formula is C39H27BrCl2N4O3S2. The van der Waals surface area contributed by atoms with Gasteiger partial charge in [0.15, 0.2) is 5.13 Å². The van der Waals surface area contributed by atoms with E-state index in [1.807, 2.05) is 66.0 Å². The molecule has 0 aliphatic carbocycles. The number of benzene rings is 5. The van der Waals surface area contributed by atoms with Crippen LogP contribution >= 0.6 is 62.2 Å². The van der Waals surface area contributed by atoms with Crippen LogP contribution in [0.25, 0.3) is 17.3 Å². The van der Waals surface area contributed by atoms with Crippen molar-refractivity contribution < 1.29 is 14.4 Å². The molecule has 12 heteroatoms. The summed E-state index contributed by atoms with van der Waals surface area (Å²) >= 11 is 18.9. The van der Waals surface area contributed by atoms with Crippen molar-refractivity contribution in [3.8, 4) is 11.3 Å². The van der Waals surface area contributed by atoms with E-state index in [2.05, 4.69) is 36.9 Å². The molecule has 0 aliphatic rings. The highest BCUT2D eigenvalue weighted by atomic mass is 79.9. The predicted molar refractivity (Wildman–Crippen MR) is 212 cm³/mol. The first-order chi connectivity index (χ1) is 24.7. The standard InChI is InChI=1S/C39H27BrCl2N4O3S2/c40-27-19-17-24(18-20-27)34-23-50-39(45-34)46-38(49)35(25-9-3-1-4-10-25)51-29-14-7-13-28(21-29)43-37(48)33(22-30-31(41)15-8-16-32(30)42)44-36(47)26-11-5-2-6-12-26/h1-23,35H,(H,43,48)(H,44,47)(H,45,46,49)/b33-22+. The number of anilines is 2. The Labute approximate surface area is 321 Å². The van der Waals surface area contributed by atoms with Gasteiger partial charge in [-0.25, -0.2) is 4.98 Å². The summed E-state index contributed by atoms with van der Waals surface area (Å²) in [6.45, 7) is 0. The second kappa shape index (κ2) is 17.0. The molecule has 0 spiro atoms. The summed E-state index contributed by atoms with van der Waals surface area (Å²) in [4.78, 5) is 46.0. The second-order valence-corrected chi connectivity index (χ2v) is 14.7. The Hall–Kier alpha value is -4.71. The van der Waals surface area contributed by atoms with Gasteiger partial charge < -0.3 is 16.0 Å². The van der Waals surface area contributed by atoms with E-state index in [1.54, 1.807) is 66.7 Å². The third-order valence-electron chi connectivity index (χ3n) is 7.38. The van der Waals surface area contributed by atoms with Crippen molar-refractivity contribution in [2.24, 2.45) is 0 Å². The van der Waals surface area contributed by atoms with Crippen molar-refractivity contribution in [2.75, 3.05) is 10.6 Å². The topological polar surface area (TPSA) is 100 Å². The molecule has 0 aliphatic heterocycles. The minimum Gasteiger partial charge on any atom is -0.321 e. The summed E-state index contributed by atoms with van der Waals surface area (Å²) in [5.41, 5.74) is 3.63. The van der Waals surface area contributed by atoms with E-state index in [1.165, 1.54) is 29.2 Å². The van der Waals surface area contributed by atoms with Crippen molar-refractivity contribution in [1.82, 2.24) is 10.3 Å². The van der Waals surface area contributed by atoms with Crippen molar-refractivity contribution in [1.29, 1.82) is 0 Å². The van der Waals surface area contributed by atoms with Gasteiger partial charge in [0.25, 0.3) is 11.8 Å². The Balaban J connectivity index is 1.22. The Morgan fingerprint density at radius 3 is 2.16 bits per heavy atom. The molecule has 0 fully saturated rings. The number of nitrogens with zero attached hydrogens (tertiary/aromatic N) is 1. The fourth-order valence-corrected chi connectivity index (χ4v) is 7.45. The highest BCUT2D eigenvalue weighted by Crippen LogP contribution is 2.38. The van der Waals surface area contributed by atoms with Gasteiger partial charge in [-0.3, -0.25) is 14.4 Å². The molecule has 0 saturated carbocycles. The van der Waals surface area contributed by atoms with Gasteiger partial charge in [-0.05, 0) is 66.2 Å². The number of hydrogen-bond acceptors (Lipinski definition) is 6. The van der Waals surface area contributed by atoms with Crippen molar-refractivity contribution in [3.63, 3.8) is 0 Å². The van der Waals surface area contributed by atoms with Gasteiger partial charge in [0.1, 0.15) is 10.9 Å². The van der Waals surface area contributed by atoms with Gasteiger partial charge >= 0.3 is 0 Å². The van der Waals surface area contributed by atoms with Crippen molar-refractivity contribution >= 4 is 96.8 Å². The molecule has 0 radical (unpaired) electrons. The largest absolute Gasteiger partial charge is 0.321 e. The van der Waals surface area contributed by atoms with E-state index in [0.29, 0.717) is 32.0 Å². The number of amides is 3. The normalized spacial score (nSPS) is 11.8. The first kappa shape index (κ1) is 36.1. The number of carbonyl (C=O) groups is 3. The smallest absolute Gasteiger partial charge is 0.272 e.